The average molecular weight is 258 g/mol. The zero-order valence-electron chi connectivity index (χ0n) is 11.9. The third-order valence-electron chi connectivity index (χ3n) is 2.83. The lowest BCUT2D eigenvalue weighted by Gasteiger charge is -2.19. The van der Waals surface area contributed by atoms with Crippen LogP contribution in [0.3, 0.4) is 0 Å². The van der Waals surface area contributed by atoms with Crippen LogP contribution in [0.25, 0.3) is 0 Å². The molecule has 1 N–H and O–H groups in total. The van der Waals surface area contributed by atoms with Gasteiger partial charge >= 0.3 is 0 Å². The van der Waals surface area contributed by atoms with Gasteiger partial charge in [-0.05, 0) is 32.8 Å². The van der Waals surface area contributed by atoms with E-state index in [1.807, 2.05) is 17.1 Å². The first-order chi connectivity index (χ1) is 9.03. The van der Waals surface area contributed by atoms with Gasteiger partial charge in [-0.2, -0.15) is 5.10 Å². The molecule has 0 spiro atoms. The van der Waals surface area contributed by atoms with Gasteiger partial charge in [-0.1, -0.05) is 30.3 Å². The quantitative estimate of drug-likeness (QED) is 0.895. The van der Waals surface area contributed by atoms with Crippen molar-refractivity contribution in [2.45, 2.75) is 45.8 Å². The topological polar surface area (TPSA) is 42.7 Å². The number of aromatic nitrogens is 3. The van der Waals surface area contributed by atoms with Crippen molar-refractivity contribution in [3.8, 4) is 0 Å². The van der Waals surface area contributed by atoms with Gasteiger partial charge in [0.2, 0.25) is 0 Å². The second kappa shape index (κ2) is 5.97. The monoisotopic (exact) mass is 258 g/mol. The third kappa shape index (κ3) is 4.83. The van der Waals surface area contributed by atoms with E-state index >= 15 is 0 Å². The normalized spacial score (nSPS) is 11.7. The SMILES string of the molecule is CC(C)(C)NCc1ncn(CCc2ccccc2)n1. The number of nitrogens with one attached hydrogen (secondary N) is 1. The lowest BCUT2D eigenvalue weighted by atomic mass is 10.1. The molecule has 0 amide bonds. The van der Waals surface area contributed by atoms with Gasteiger partial charge in [-0.25, -0.2) is 4.98 Å². The zero-order chi connectivity index (χ0) is 13.7. The van der Waals surface area contributed by atoms with E-state index in [4.69, 9.17) is 0 Å². The van der Waals surface area contributed by atoms with E-state index in [1.165, 1.54) is 5.56 Å². The molecule has 0 saturated carbocycles. The molecule has 4 heteroatoms. The fraction of sp³-hybridized carbons (Fsp3) is 0.467. The van der Waals surface area contributed by atoms with Crippen molar-refractivity contribution in [1.82, 2.24) is 20.1 Å². The lowest BCUT2D eigenvalue weighted by Crippen LogP contribution is -2.35. The molecule has 1 aromatic carbocycles. The number of rotatable bonds is 5. The minimum Gasteiger partial charge on any atom is -0.305 e. The Morgan fingerprint density at radius 1 is 1.16 bits per heavy atom. The highest BCUT2D eigenvalue weighted by Crippen LogP contribution is 2.03. The number of hydrogen-bond donors (Lipinski definition) is 1. The predicted octanol–water partition coefficient (Wildman–Crippen LogP) is 2.41. The molecule has 0 aliphatic rings. The molecular formula is C15H22N4. The van der Waals surface area contributed by atoms with E-state index in [2.05, 4.69) is 60.4 Å². The maximum absolute atomic E-state index is 4.47. The van der Waals surface area contributed by atoms with Crippen molar-refractivity contribution in [2.24, 2.45) is 0 Å². The van der Waals surface area contributed by atoms with Crippen LogP contribution in [0.1, 0.15) is 32.2 Å². The molecule has 102 valence electrons. The molecule has 0 fully saturated rings. The summed E-state index contributed by atoms with van der Waals surface area (Å²) in [6.45, 7) is 7.99. The Morgan fingerprint density at radius 2 is 1.89 bits per heavy atom. The summed E-state index contributed by atoms with van der Waals surface area (Å²) in [6, 6.07) is 10.4. The summed E-state index contributed by atoms with van der Waals surface area (Å²) >= 11 is 0. The van der Waals surface area contributed by atoms with E-state index in [9.17, 15) is 0 Å². The minimum absolute atomic E-state index is 0.0928. The smallest absolute Gasteiger partial charge is 0.164 e. The summed E-state index contributed by atoms with van der Waals surface area (Å²) in [5.74, 6) is 0.850. The number of benzene rings is 1. The molecule has 0 saturated heterocycles. The van der Waals surface area contributed by atoms with Gasteiger partial charge in [0, 0.05) is 12.1 Å². The Morgan fingerprint density at radius 3 is 2.58 bits per heavy atom. The standard InChI is InChI=1S/C15H22N4/c1-15(2,3)17-11-14-16-12-19(18-14)10-9-13-7-5-4-6-8-13/h4-8,12,17H,9-11H2,1-3H3. The van der Waals surface area contributed by atoms with Crippen molar-refractivity contribution in [1.29, 1.82) is 0 Å². The molecule has 1 aromatic heterocycles. The van der Waals surface area contributed by atoms with Crippen LogP contribution in [0.5, 0.6) is 0 Å². The Hall–Kier alpha value is -1.68. The van der Waals surface area contributed by atoms with Crippen molar-refractivity contribution >= 4 is 0 Å². The van der Waals surface area contributed by atoms with Gasteiger partial charge in [0.25, 0.3) is 0 Å². The van der Waals surface area contributed by atoms with E-state index in [-0.39, 0.29) is 5.54 Å². The Bertz CT molecular complexity index is 496. The molecule has 19 heavy (non-hydrogen) atoms. The van der Waals surface area contributed by atoms with E-state index in [0.29, 0.717) is 6.54 Å². The highest BCUT2D eigenvalue weighted by molar-refractivity contribution is 5.14. The van der Waals surface area contributed by atoms with Gasteiger partial charge in [-0.3, -0.25) is 4.68 Å². The molecule has 0 radical (unpaired) electrons. The summed E-state index contributed by atoms with van der Waals surface area (Å²) in [5, 5.41) is 7.86. The Labute approximate surface area is 114 Å². The second-order valence-electron chi connectivity index (χ2n) is 5.76. The van der Waals surface area contributed by atoms with Crippen LogP contribution >= 0.6 is 0 Å². The molecule has 0 aliphatic heterocycles. The van der Waals surface area contributed by atoms with Crippen molar-refractivity contribution < 1.29 is 0 Å². The fourth-order valence-electron chi connectivity index (χ4n) is 1.75. The van der Waals surface area contributed by atoms with Crippen molar-refractivity contribution in [2.75, 3.05) is 0 Å². The van der Waals surface area contributed by atoms with E-state index < -0.39 is 0 Å². The van der Waals surface area contributed by atoms with Crippen LogP contribution in [-0.2, 0) is 19.5 Å². The first-order valence-corrected chi connectivity index (χ1v) is 6.70. The van der Waals surface area contributed by atoms with E-state index in [1.54, 1.807) is 0 Å². The maximum Gasteiger partial charge on any atom is 0.164 e. The van der Waals surface area contributed by atoms with E-state index in [0.717, 1.165) is 18.8 Å². The molecule has 1 heterocycles. The average Bonchev–Trinajstić information content (AvgIpc) is 2.82. The molecule has 0 aliphatic carbocycles. The van der Waals surface area contributed by atoms with Crippen LogP contribution in [0.15, 0.2) is 36.7 Å². The second-order valence-corrected chi connectivity index (χ2v) is 5.76. The number of aryl methyl sites for hydroxylation is 2. The zero-order valence-corrected chi connectivity index (χ0v) is 11.9. The van der Waals surface area contributed by atoms with Crippen LogP contribution in [0, 0.1) is 0 Å². The van der Waals surface area contributed by atoms with Crippen molar-refractivity contribution in [3.05, 3.63) is 48.0 Å². The molecule has 0 unspecified atom stereocenters. The first-order valence-electron chi connectivity index (χ1n) is 6.70. The third-order valence-corrected chi connectivity index (χ3v) is 2.83. The Kier molecular flexibility index (Phi) is 4.32. The molecule has 4 nitrogen and oxygen atoms in total. The summed E-state index contributed by atoms with van der Waals surface area (Å²) in [6.07, 6.45) is 2.79. The number of nitrogens with zero attached hydrogens (tertiary/aromatic N) is 3. The molecule has 0 bridgehead atoms. The highest BCUT2D eigenvalue weighted by Gasteiger charge is 2.10. The van der Waals surface area contributed by atoms with Crippen LogP contribution in [0.4, 0.5) is 0 Å². The lowest BCUT2D eigenvalue weighted by molar-refractivity contribution is 0.416. The van der Waals surface area contributed by atoms with Crippen LogP contribution < -0.4 is 5.32 Å². The largest absolute Gasteiger partial charge is 0.305 e. The van der Waals surface area contributed by atoms with Gasteiger partial charge in [0.1, 0.15) is 6.33 Å². The number of hydrogen-bond acceptors (Lipinski definition) is 3. The predicted molar refractivity (Wildman–Crippen MR) is 76.8 cm³/mol. The Balaban J connectivity index is 1.84. The summed E-state index contributed by atoms with van der Waals surface area (Å²) in [4.78, 5) is 4.32. The van der Waals surface area contributed by atoms with Crippen LogP contribution in [0.2, 0.25) is 0 Å². The van der Waals surface area contributed by atoms with Crippen molar-refractivity contribution in [3.63, 3.8) is 0 Å². The molecule has 2 rings (SSSR count). The summed E-state index contributed by atoms with van der Waals surface area (Å²) in [5.41, 5.74) is 1.42. The molecule has 0 atom stereocenters. The minimum atomic E-state index is 0.0928. The molecular weight excluding hydrogens is 236 g/mol. The molecule has 2 aromatic rings. The van der Waals surface area contributed by atoms with Crippen LogP contribution in [-0.4, -0.2) is 20.3 Å². The van der Waals surface area contributed by atoms with Gasteiger partial charge < -0.3 is 5.32 Å². The summed E-state index contributed by atoms with van der Waals surface area (Å²) in [7, 11) is 0. The van der Waals surface area contributed by atoms with Gasteiger partial charge in [0.05, 0.1) is 6.54 Å². The maximum atomic E-state index is 4.47. The highest BCUT2D eigenvalue weighted by atomic mass is 15.3. The van der Waals surface area contributed by atoms with Gasteiger partial charge in [-0.15, -0.1) is 0 Å². The van der Waals surface area contributed by atoms with Gasteiger partial charge in [0.15, 0.2) is 5.82 Å². The first kappa shape index (κ1) is 13.7. The fourth-order valence-corrected chi connectivity index (χ4v) is 1.75. The summed E-state index contributed by atoms with van der Waals surface area (Å²) < 4.78 is 1.91.